The van der Waals surface area contributed by atoms with E-state index < -0.39 is 0 Å². The molecule has 0 spiro atoms. The van der Waals surface area contributed by atoms with Gasteiger partial charge < -0.3 is 14.6 Å². The highest BCUT2D eigenvalue weighted by Gasteiger charge is 2.26. The largest absolute Gasteiger partial charge is 0.480 e. The van der Waals surface area contributed by atoms with Crippen LogP contribution in [0.15, 0.2) is 42.5 Å². The Morgan fingerprint density at radius 3 is 2.64 bits per heavy atom. The summed E-state index contributed by atoms with van der Waals surface area (Å²) in [6, 6.07) is 13.9. The van der Waals surface area contributed by atoms with Crippen LogP contribution in [0.1, 0.15) is 34.9 Å². The van der Waals surface area contributed by atoms with Gasteiger partial charge in [0.1, 0.15) is 0 Å². The molecule has 1 amide bonds. The van der Waals surface area contributed by atoms with E-state index in [9.17, 15) is 4.79 Å². The average molecular weight is 336 g/mol. The van der Waals surface area contributed by atoms with Gasteiger partial charge in [0.2, 0.25) is 5.88 Å². The molecule has 1 fully saturated rings. The zero-order valence-corrected chi connectivity index (χ0v) is 14.1. The molecular weight excluding hydrogens is 316 g/mol. The Kier molecular flexibility index (Phi) is 4.09. The minimum Gasteiger partial charge on any atom is -0.480 e. The average Bonchev–Trinajstić information content (AvgIpc) is 3.12. The fourth-order valence-corrected chi connectivity index (χ4v) is 3.41. The van der Waals surface area contributed by atoms with E-state index >= 15 is 0 Å². The Balaban J connectivity index is 1.42. The van der Waals surface area contributed by atoms with Crippen LogP contribution in [0.3, 0.4) is 0 Å². The van der Waals surface area contributed by atoms with Crippen LogP contribution in [-0.2, 0) is 0 Å². The lowest BCUT2D eigenvalue weighted by molar-refractivity contribution is 0.0705. The Morgan fingerprint density at radius 1 is 1.16 bits per heavy atom. The number of carbonyl (C=O) groups excluding carboxylic acids is 1. The molecule has 3 heterocycles. The third-order valence-electron chi connectivity index (χ3n) is 4.84. The van der Waals surface area contributed by atoms with Gasteiger partial charge in [0, 0.05) is 36.3 Å². The van der Waals surface area contributed by atoms with Crippen molar-refractivity contribution < 1.29 is 9.53 Å². The maximum atomic E-state index is 12.6. The number of hydrogen-bond donors (Lipinski definition) is 1. The van der Waals surface area contributed by atoms with Gasteiger partial charge >= 0.3 is 0 Å². The normalized spacial score (nSPS) is 15.5. The highest BCUT2D eigenvalue weighted by Crippen LogP contribution is 2.30. The minimum absolute atomic E-state index is 0.0646. The van der Waals surface area contributed by atoms with Crippen molar-refractivity contribution in [2.24, 2.45) is 0 Å². The third kappa shape index (κ3) is 3.07. The van der Waals surface area contributed by atoms with E-state index in [4.69, 9.17) is 4.74 Å². The van der Waals surface area contributed by atoms with Crippen LogP contribution < -0.4 is 4.74 Å². The van der Waals surface area contributed by atoms with Crippen LogP contribution in [0.5, 0.6) is 5.88 Å². The number of ether oxygens (including phenoxy) is 1. The van der Waals surface area contributed by atoms with Crippen molar-refractivity contribution in [2.45, 2.75) is 18.8 Å². The number of nitrogens with one attached hydrogen (secondary N) is 1. The van der Waals surface area contributed by atoms with Crippen molar-refractivity contribution in [2.75, 3.05) is 20.2 Å². The molecule has 0 aliphatic carbocycles. The first kappa shape index (κ1) is 15.6. The second kappa shape index (κ2) is 6.55. The van der Waals surface area contributed by atoms with E-state index in [1.165, 1.54) is 23.7 Å². The van der Waals surface area contributed by atoms with E-state index in [-0.39, 0.29) is 5.91 Å². The molecule has 6 heteroatoms. The molecule has 128 valence electrons. The summed E-state index contributed by atoms with van der Waals surface area (Å²) in [5.41, 5.74) is 2.80. The number of benzene rings is 1. The van der Waals surface area contributed by atoms with Crippen molar-refractivity contribution in [3.05, 3.63) is 53.9 Å². The first-order valence-electron chi connectivity index (χ1n) is 8.49. The van der Waals surface area contributed by atoms with Crippen molar-refractivity contribution >= 4 is 16.8 Å². The predicted molar refractivity (Wildman–Crippen MR) is 94.8 cm³/mol. The molecule has 1 aliphatic heterocycles. The van der Waals surface area contributed by atoms with Crippen molar-refractivity contribution in [3.8, 4) is 5.88 Å². The van der Waals surface area contributed by atoms with Gasteiger partial charge in [-0.15, -0.1) is 10.2 Å². The summed E-state index contributed by atoms with van der Waals surface area (Å²) in [7, 11) is 1.53. The van der Waals surface area contributed by atoms with E-state index in [0.29, 0.717) is 17.5 Å². The SMILES string of the molecule is COc1ccc(C(=O)N2CCC(c3cc4ccccc4[nH]3)CC2)nn1. The summed E-state index contributed by atoms with van der Waals surface area (Å²) in [5, 5.41) is 9.07. The number of aromatic amines is 1. The third-order valence-corrected chi connectivity index (χ3v) is 4.84. The highest BCUT2D eigenvalue weighted by atomic mass is 16.5. The molecule has 1 aromatic carbocycles. The Hall–Kier alpha value is -2.89. The van der Waals surface area contributed by atoms with Gasteiger partial charge in [0.15, 0.2) is 5.69 Å². The number of aromatic nitrogens is 3. The maximum Gasteiger partial charge on any atom is 0.274 e. The molecule has 6 nitrogen and oxygen atoms in total. The van der Waals surface area contributed by atoms with Gasteiger partial charge in [-0.1, -0.05) is 18.2 Å². The Bertz CT molecular complexity index is 847. The van der Waals surface area contributed by atoms with E-state index in [2.05, 4.69) is 39.4 Å². The van der Waals surface area contributed by atoms with Gasteiger partial charge in [-0.2, -0.15) is 0 Å². The molecule has 1 saturated heterocycles. The molecule has 4 rings (SSSR count). The summed E-state index contributed by atoms with van der Waals surface area (Å²) in [6.45, 7) is 1.46. The van der Waals surface area contributed by atoms with Gasteiger partial charge in [-0.3, -0.25) is 4.79 Å². The molecule has 0 bridgehead atoms. The standard InChI is InChI=1S/C19H20N4O2/c1-25-18-7-6-16(21-22-18)19(24)23-10-8-13(9-11-23)17-12-14-4-2-3-5-15(14)20-17/h2-7,12-13,20H,8-11H2,1H3. The van der Waals surface area contributed by atoms with E-state index in [0.717, 1.165) is 25.9 Å². The quantitative estimate of drug-likeness (QED) is 0.798. The number of hydrogen-bond acceptors (Lipinski definition) is 4. The van der Waals surface area contributed by atoms with Gasteiger partial charge in [0.05, 0.1) is 7.11 Å². The number of amides is 1. The second-order valence-electron chi connectivity index (χ2n) is 6.34. The van der Waals surface area contributed by atoms with Crippen molar-refractivity contribution in [3.63, 3.8) is 0 Å². The Morgan fingerprint density at radius 2 is 1.96 bits per heavy atom. The summed E-state index contributed by atoms with van der Waals surface area (Å²) in [4.78, 5) is 17.9. The first-order valence-corrected chi connectivity index (χ1v) is 8.49. The number of para-hydroxylation sites is 1. The van der Waals surface area contributed by atoms with E-state index in [1.54, 1.807) is 12.1 Å². The summed E-state index contributed by atoms with van der Waals surface area (Å²) >= 11 is 0. The molecule has 0 atom stereocenters. The molecular formula is C19H20N4O2. The zero-order valence-electron chi connectivity index (χ0n) is 14.1. The van der Waals surface area contributed by atoms with Crippen molar-refractivity contribution in [1.82, 2.24) is 20.1 Å². The van der Waals surface area contributed by atoms with Crippen LogP contribution >= 0.6 is 0 Å². The molecule has 1 N–H and O–H groups in total. The summed E-state index contributed by atoms with van der Waals surface area (Å²) in [6.07, 6.45) is 1.89. The minimum atomic E-state index is -0.0646. The fraction of sp³-hybridized carbons (Fsp3) is 0.316. The topological polar surface area (TPSA) is 71.1 Å². The number of H-pyrrole nitrogens is 1. The summed E-state index contributed by atoms with van der Waals surface area (Å²) < 4.78 is 4.98. The highest BCUT2D eigenvalue weighted by molar-refractivity contribution is 5.92. The molecule has 2 aromatic heterocycles. The van der Waals surface area contributed by atoms with Gasteiger partial charge in [-0.25, -0.2) is 0 Å². The Labute approximate surface area is 145 Å². The zero-order chi connectivity index (χ0) is 17.2. The lowest BCUT2D eigenvalue weighted by Gasteiger charge is -2.31. The lowest BCUT2D eigenvalue weighted by atomic mass is 9.93. The first-order chi connectivity index (χ1) is 12.2. The molecule has 1 aliphatic rings. The number of fused-ring (bicyclic) bond motifs is 1. The molecule has 3 aromatic rings. The van der Waals surface area contributed by atoms with Crippen LogP contribution in [-0.4, -0.2) is 46.2 Å². The number of likely N-dealkylation sites (tertiary alicyclic amines) is 1. The summed E-state index contributed by atoms with van der Waals surface area (Å²) in [5.74, 6) is 0.803. The fourth-order valence-electron chi connectivity index (χ4n) is 3.41. The van der Waals surface area contributed by atoms with Crippen LogP contribution in [0, 0.1) is 0 Å². The lowest BCUT2D eigenvalue weighted by Crippen LogP contribution is -2.38. The number of nitrogens with zero attached hydrogens (tertiary/aromatic N) is 3. The monoisotopic (exact) mass is 336 g/mol. The molecule has 0 unspecified atom stereocenters. The number of carbonyl (C=O) groups is 1. The smallest absolute Gasteiger partial charge is 0.274 e. The van der Waals surface area contributed by atoms with E-state index in [1.807, 2.05) is 11.0 Å². The van der Waals surface area contributed by atoms with Crippen molar-refractivity contribution in [1.29, 1.82) is 0 Å². The molecule has 0 saturated carbocycles. The predicted octanol–water partition coefficient (Wildman–Crippen LogP) is 2.99. The number of rotatable bonds is 3. The number of piperidine rings is 1. The molecule has 25 heavy (non-hydrogen) atoms. The molecule has 0 radical (unpaired) electrons. The number of methoxy groups -OCH3 is 1. The van der Waals surface area contributed by atoms with Crippen LogP contribution in [0.2, 0.25) is 0 Å². The second-order valence-corrected chi connectivity index (χ2v) is 6.34. The van der Waals surface area contributed by atoms with Gasteiger partial charge in [-0.05, 0) is 36.4 Å². The van der Waals surface area contributed by atoms with Crippen LogP contribution in [0.25, 0.3) is 10.9 Å². The van der Waals surface area contributed by atoms with Gasteiger partial charge in [0.25, 0.3) is 5.91 Å². The van der Waals surface area contributed by atoms with Crippen LogP contribution in [0.4, 0.5) is 0 Å². The maximum absolute atomic E-state index is 12.6.